The van der Waals surface area contributed by atoms with E-state index in [9.17, 15) is 4.79 Å². The van der Waals surface area contributed by atoms with Crippen LogP contribution in [0, 0.1) is 0 Å². The summed E-state index contributed by atoms with van der Waals surface area (Å²) in [6.07, 6.45) is 3.57. The first-order valence-corrected chi connectivity index (χ1v) is 6.75. The molecule has 0 bridgehead atoms. The van der Waals surface area contributed by atoms with Crippen molar-refractivity contribution in [3.05, 3.63) is 0 Å². The normalized spacial score (nSPS) is 10.6. The minimum absolute atomic E-state index is 0.0323. The highest BCUT2D eigenvalue weighted by Gasteiger charge is 1.93. The lowest BCUT2D eigenvalue weighted by molar-refractivity contribution is -0.119. The first-order valence-electron chi connectivity index (χ1n) is 6.75. The highest BCUT2D eigenvalue weighted by Crippen LogP contribution is 1.93. The van der Waals surface area contributed by atoms with E-state index in [1.807, 2.05) is 0 Å². The molecule has 0 aromatic heterocycles. The van der Waals surface area contributed by atoms with E-state index in [0.29, 0.717) is 39.6 Å². The van der Waals surface area contributed by atoms with Gasteiger partial charge in [0.1, 0.15) is 0 Å². The van der Waals surface area contributed by atoms with Crippen molar-refractivity contribution in [2.24, 2.45) is 0 Å². The van der Waals surface area contributed by atoms with Crippen LogP contribution < -0.4 is 5.32 Å². The van der Waals surface area contributed by atoms with Crippen molar-refractivity contribution in [2.45, 2.75) is 33.1 Å². The van der Waals surface area contributed by atoms with Gasteiger partial charge in [0.25, 0.3) is 0 Å². The van der Waals surface area contributed by atoms with Crippen LogP contribution in [0.1, 0.15) is 33.1 Å². The van der Waals surface area contributed by atoms with E-state index >= 15 is 0 Å². The van der Waals surface area contributed by atoms with Gasteiger partial charge in [0.15, 0.2) is 0 Å². The van der Waals surface area contributed by atoms with Gasteiger partial charge in [0.05, 0.1) is 33.0 Å². The number of hydrogen-bond donors (Lipinski definition) is 1. The van der Waals surface area contributed by atoms with Crippen LogP contribution in [0.5, 0.6) is 0 Å². The second kappa shape index (κ2) is 14.4. The van der Waals surface area contributed by atoms with Gasteiger partial charge in [0, 0.05) is 20.1 Å². The summed E-state index contributed by atoms with van der Waals surface area (Å²) in [4.78, 5) is 10.5. The Hall–Kier alpha value is -0.650. The van der Waals surface area contributed by atoms with Crippen LogP contribution in [-0.2, 0) is 19.0 Å². The predicted octanol–water partition coefficient (Wildman–Crippen LogP) is 1.36. The molecule has 0 aliphatic heterocycles. The van der Waals surface area contributed by atoms with Crippen molar-refractivity contribution in [1.82, 2.24) is 5.32 Å². The smallest absolute Gasteiger partial charge is 0.216 e. The Bertz CT molecular complexity index is 188. The molecule has 1 amide bonds. The summed E-state index contributed by atoms with van der Waals surface area (Å²) in [7, 11) is 0. The molecule has 18 heavy (non-hydrogen) atoms. The van der Waals surface area contributed by atoms with Gasteiger partial charge < -0.3 is 19.5 Å². The molecule has 0 heterocycles. The summed E-state index contributed by atoms with van der Waals surface area (Å²) >= 11 is 0. The second-order valence-corrected chi connectivity index (χ2v) is 4.03. The summed E-state index contributed by atoms with van der Waals surface area (Å²) in [5.41, 5.74) is 0. The molecule has 0 saturated carbocycles. The third-order valence-electron chi connectivity index (χ3n) is 2.26. The summed E-state index contributed by atoms with van der Waals surface area (Å²) in [5, 5.41) is 2.66. The molecule has 0 aromatic rings. The van der Waals surface area contributed by atoms with Crippen molar-refractivity contribution < 1.29 is 19.0 Å². The van der Waals surface area contributed by atoms with Crippen molar-refractivity contribution >= 4 is 5.91 Å². The number of carbonyl (C=O) groups is 1. The number of nitrogens with one attached hydrogen (secondary N) is 1. The number of hydrogen-bond acceptors (Lipinski definition) is 4. The van der Waals surface area contributed by atoms with E-state index in [1.54, 1.807) is 0 Å². The number of amides is 1. The van der Waals surface area contributed by atoms with Gasteiger partial charge in [-0.3, -0.25) is 4.79 Å². The Kier molecular flexibility index (Phi) is 13.9. The molecule has 1 N–H and O–H groups in total. The zero-order valence-corrected chi connectivity index (χ0v) is 11.7. The lowest BCUT2D eigenvalue weighted by atomic mass is 10.3. The van der Waals surface area contributed by atoms with E-state index in [1.165, 1.54) is 19.8 Å². The largest absolute Gasteiger partial charge is 0.379 e. The van der Waals surface area contributed by atoms with E-state index in [-0.39, 0.29) is 5.91 Å². The Labute approximate surface area is 110 Å². The standard InChI is InChI=1S/C13H27NO4/c1-3-4-5-7-16-9-11-18-12-10-17-8-6-14-13(2)15/h3-12H2,1-2H3,(H,14,15). The summed E-state index contributed by atoms with van der Waals surface area (Å²) in [5.74, 6) is -0.0323. The molecular formula is C13H27NO4. The summed E-state index contributed by atoms with van der Waals surface area (Å²) < 4.78 is 16.0. The summed E-state index contributed by atoms with van der Waals surface area (Å²) in [6, 6.07) is 0. The fraction of sp³-hybridized carbons (Fsp3) is 0.923. The van der Waals surface area contributed by atoms with Gasteiger partial charge in [-0.1, -0.05) is 19.8 Å². The van der Waals surface area contributed by atoms with Gasteiger partial charge in [-0.15, -0.1) is 0 Å². The van der Waals surface area contributed by atoms with E-state index in [2.05, 4.69) is 12.2 Å². The van der Waals surface area contributed by atoms with Crippen molar-refractivity contribution in [3.8, 4) is 0 Å². The second-order valence-electron chi connectivity index (χ2n) is 4.03. The molecule has 0 spiro atoms. The molecule has 0 radical (unpaired) electrons. The zero-order valence-electron chi connectivity index (χ0n) is 11.7. The van der Waals surface area contributed by atoms with Crippen LogP contribution in [0.4, 0.5) is 0 Å². The minimum Gasteiger partial charge on any atom is -0.379 e. The fourth-order valence-electron chi connectivity index (χ4n) is 1.30. The molecule has 0 unspecified atom stereocenters. The van der Waals surface area contributed by atoms with Crippen LogP contribution in [0.3, 0.4) is 0 Å². The third kappa shape index (κ3) is 15.4. The van der Waals surface area contributed by atoms with Gasteiger partial charge in [-0.25, -0.2) is 0 Å². The highest BCUT2D eigenvalue weighted by molar-refractivity contribution is 5.72. The van der Waals surface area contributed by atoms with Crippen LogP contribution in [0.25, 0.3) is 0 Å². The Morgan fingerprint density at radius 1 is 0.889 bits per heavy atom. The van der Waals surface area contributed by atoms with Crippen LogP contribution >= 0.6 is 0 Å². The van der Waals surface area contributed by atoms with Crippen LogP contribution in [-0.4, -0.2) is 52.1 Å². The highest BCUT2D eigenvalue weighted by atomic mass is 16.5. The monoisotopic (exact) mass is 261 g/mol. The van der Waals surface area contributed by atoms with E-state index in [4.69, 9.17) is 14.2 Å². The van der Waals surface area contributed by atoms with Gasteiger partial charge in [-0.05, 0) is 6.42 Å². The van der Waals surface area contributed by atoms with Crippen molar-refractivity contribution in [1.29, 1.82) is 0 Å². The predicted molar refractivity (Wildman–Crippen MR) is 70.7 cm³/mol. The Morgan fingerprint density at radius 3 is 2.00 bits per heavy atom. The fourth-order valence-corrected chi connectivity index (χ4v) is 1.30. The molecule has 0 atom stereocenters. The topological polar surface area (TPSA) is 56.8 Å². The third-order valence-corrected chi connectivity index (χ3v) is 2.26. The van der Waals surface area contributed by atoms with E-state index in [0.717, 1.165) is 13.0 Å². The van der Waals surface area contributed by atoms with Crippen LogP contribution in [0.2, 0.25) is 0 Å². The van der Waals surface area contributed by atoms with Gasteiger partial charge >= 0.3 is 0 Å². The quantitative estimate of drug-likeness (QED) is 0.509. The average molecular weight is 261 g/mol. The van der Waals surface area contributed by atoms with Crippen molar-refractivity contribution in [2.75, 3.05) is 46.2 Å². The lowest BCUT2D eigenvalue weighted by Crippen LogP contribution is -2.25. The van der Waals surface area contributed by atoms with Gasteiger partial charge in [0.2, 0.25) is 5.91 Å². The first kappa shape index (κ1) is 17.4. The molecular weight excluding hydrogens is 234 g/mol. The number of carbonyl (C=O) groups excluding carboxylic acids is 1. The average Bonchev–Trinajstić information content (AvgIpc) is 2.34. The maximum Gasteiger partial charge on any atom is 0.216 e. The molecule has 108 valence electrons. The molecule has 0 rings (SSSR count). The minimum atomic E-state index is -0.0323. The Morgan fingerprint density at radius 2 is 1.44 bits per heavy atom. The maximum absolute atomic E-state index is 10.5. The molecule has 5 heteroatoms. The number of rotatable bonds is 13. The summed E-state index contributed by atoms with van der Waals surface area (Å²) in [6.45, 7) is 7.94. The number of unbranched alkanes of at least 4 members (excludes halogenated alkanes) is 2. The molecule has 0 aliphatic rings. The number of ether oxygens (including phenoxy) is 3. The molecule has 5 nitrogen and oxygen atoms in total. The first-order chi connectivity index (χ1) is 8.77. The van der Waals surface area contributed by atoms with Gasteiger partial charge in [-0.2, -0.15) is 0 Å². The lowest BCUT2D eigenvalue weighted by Gasteiger charge is -2.07. The molecule has 0 saturated heterocycles. The molecule has 0 aromatic carbocycles. The van der Waals surface area contributed by atoms with Crippen LogP contribution in [0.15, 0.2) is 0 Å². The zero-order chi connectivity index (χ0) is 13.5. The van der Waals surface area contributed by atoms with Crippen molar-refractivity contribution in [3.63, 3.8) is 0 Å². The Balaban J connectivity index is 2.92. The molecule has 0 aliphatic carbocycles. The van der Waals surface area contributed by atoms with E-state index < -0.39 is 0 Å². The maximum atomic E-state index is 10.5. The SMILES string of the molecule is CCCCCOCCOCCOCCNC(C)=O. The molecule has 0 fully saturated rings.